The number of amides is 1. The van der Waals surface area contributed by atoms with Crippen LogP contribution in [0.15, 0.2) is 40.9 Å². The Bertz CT molecular complexity index is 598. The number of hydrogen-bond donors (Lipinski definition) is 2. The summed E-state index contributed by atoms with van der Waals surface area (Å²) in [6, 6.07) is 11.2. The van der Waals surface area contributed by atoms with Crippen molar-refractivity contribution in [3.8, 4) is 0 Å². The molecule has 6 nitrogen and oxygen atoms in total. The first-order chi connectivity index (χ1) is 10.6. The van der Waals surface area contributed by atoms with E-state index in [0.717, 1.165) is 5.69 Å². The predicted octanol–water partition coefficient (Wildman–Crippen LogP) is 2.20. The molecule has 2 rings (SSSR count). The van der Waals surface area contributed by atoms with Crippen LogP contribution in [-0.4, -0.2) is 35.4 Å². The fourth-order valence-corrected chi connectivity index (χ4v) is 2.06. The SMILES string of the molecule is CC[C@@H](O)CN(CC(=O)Nc1cc(C)no1)c1ccccc1. The van der Waals surface area contributed by atoms with Gasteiger partial charge in [0.1, 0.15) is 0 Å². The molecule has 0 spiro atoms. The summed E-state index contributed by atoms with van der Waals surface area (Å²) in [5.41, 5.74) is 1.59. The van der Waals surface area contributed by atoms with Crippen molar-refractivity contribution in [3.63, 3.8) is 0 Å². The maximum Gasteiger partial charge on any atom is 0.246 e. The first-order valence-electron chi connectivity index (χ1n) is 7.29. The molecule has 0 aliphatic rings. The molecule has 2 aromatic rings. The quantitative estimate of drug-likeness (QED) is 0.820. The van der Waals surface area contributed by atoms with Gasteiger partial charge < -0.3 is 14.5 Å². The van der Waals surface area contributed by atoms with Gasteiger partial charge in [-0.1, -0.05) is 30.3 Å². The average Bonchev–Trinajstić information content (AvgIpc) is 2.92. The fourth-order valence-electron chi connectivity index (χ4n) is 2.06. The highest BCUT2D eigenvalue weighted by Gasteiger charge is 2.16. The number of para-hydroxylation sites is 1. The number of rotatable bonds is 7. The van der Waals surface area contributed by atoms with Crippen LogP contribution in [0, 0.1) is 6.92 Å². The normalized spacial score (nSPS) is 12.0. The molecule has 1 atom stereocenters. The monoisotopic (exact) mass is 303 g/mol. The molecule has 2 N–H and O–H groups in total. The van der Waals surface area contributed by atoms with E-state index in [1.54, 1.807) is 13.0 Å². The van der Waals surface area contributed by atoms with Crippen LogP contribution < -0.4 is 10.2 Å². The summed E-state index contributed by atoms with van der Waals surface area (Å²) in [6.45, 7) is 4.21. The Morgan fingerprint density at radius 3 is 2.73 bits per heavy atom. The minimum absolute atomic E-state index is 0.126. The Labute approximate surface area is 129 Å². The number of carbonyl (C=O) groups excluding carboxylic acids is 1. The van der Waals surface area contributed by atoms with Crippen molar-refractivity contribution < 1.29 is 14.4 Å². The van der Waals surface area contributed by atoms with Gasteiger partial charge in [0.2, 0.25) is 11.8 Å². The van der Waals surface area contributed by atoms with Crippen LogP contribution in [0.25, 0.3) is 0 Å². The molecule has 118 valence electrons. The summed E-state index contributed by atoms with van der Waals surface area (Å²) >= 11 is 0. The van der Waals surface area contributed by atoms with Crippen LogP contribution in [0.1, 0.15) is 19.0 Å². The lowest BCUT2D eigenvalue weighted by atomic mass is 10.2. The first kappa shape index (κ1) is 16.0. The highest BCUT2D eigenvalue weighted by Crippen LogP contribution is 2.15. The molecule has 0 radical (unpaired) electrons. The number of aliphatic hydroxyl groups excluding tert-OH is 1. The highest BCUT2D eigenvalue weighted by molar-refractivity contribution is 5.92. The van der Waals surface area contributed by atoms with Crippen LogP contribution in [0.4, 0.5) is 11.6 Å². The number of benzene rings is 1. The largest absolute Gasteiger partial charge is 0.391 e. The molecular weight excluding hydrogens is 282 g/mol. The maximum atomic E-state index is 12.2. The zero-order valence-corrected chi connectivity index (χ0v) is 12.8. The van der Waals surface area contributed by atoms with Gasteiger partial charge in [0, 0.05) is 18.3 Å². The summed E-state index contributed by atoms with van der Waals surface area (Å²) in [7, 11) is 0. The van der Waals surface area contributed by atoms with Gasteiger partial charge in [0.25, 0.3) is 0 Å². The summed E-state index contributed by atoms with van der Waals surface area (Å²) in [5, 5.41) is 16.3. The standard InChI is InChI=1S/C16H21N3O3/c1-3-14(20)10-19(13-7-5-4-6-8-13)11-15(21)17-16-9-12(2)18-22-16/h4-9,14,20H,3,10-11H2,1-2H3,(H,17,21)/t14-/m1/s1. The van der Waals surface area contributed by atoms with Gasteiger partial charge in [0.05, 0.1) is 18.3 Å². The first-order valence-corrected chi connectivity index (χ1v) is 7.29. The van der Waals surface area contributed by atoms with Crippen molar-refractivity contribution in [1.29, 1.82) is 0 Å². The van der Waals surface area contributed by atoms with Crippen molar-refractivity contribution in [3.05, 3.63) is 42.1 Å². The molecule has 1 aromatic heterocycles. The van der Waals surface area contributed by atoms with Gasteiger partial charge in [-0.15, -0.1) is 0 Å². The molecule has 1 amide bonds. The molecule has 1 aromatic carbocycles. The van der Waals surface area contributed by atoms with Crippen molar-refractivity contribution >= 4 is 17.5 Å². The lowest BCUT2D eigenvalue weighted by Gasteiger charge is -2.26. The number of hydrogen-bond acceptors (Lipinski definition) is 5. The third kappa shape index (κ3) is 4.60. The van der Waals surface area contributed by atoms with Crippen molar-refractivity contribution in [2.75, 3.05) is 23.3 Å². The fraction of sp³-hybridized carbons (Fsp3) is 0.375. The third-order valence-corrected chi connectivity index (χ3v) is 3.25. The summed E-state index contributed by atoms with van der Waals surface area (Å²) in [4.78, 5) is 14.0. The van der Waals surface area contributed by atoms with Gasteiger partial charge >= 0.3 is 0 Å². The predicted molar refractivity (Wildman–Crippen MR) is 84.8 cm³/mol. The van der Waals surface area contributed by atoms with Gasteiger partial charge in [-0.25, -0.2) is 0 Å². The average molecular weight is 303 g/mol. The lowest BCUT2D eigenvalue weighted by Crippen LogP contribution is -2.38. The third-order valence-electron chi connectivity index (χ3n) is 3.25. The van der Waals surface area contributed by atoms with Crippen LogP contribution in [-0.2, 0) is 4.79 Å². The van der Waals surface area contributed by atoms with Crippen molar-refractivity contribution in [2.45, 2.75) is 26.4 Å². The number of carbonyl (C=O) groups is 1. The van der Waals surface area contributed by atoms with E-state index in [1.807, 2.05) is 42.2 Å². The Balaban J connectivity index is 2.03. The van der Waals surface area contributed by atoms with Crippen molar-refractivity contribution in [1.82, 2.24) is 5.16 Å². The topological polar surface area (TPSA) is 78.6 Å². The van der Waals surface area contributed by atoms with Crippen LogP contribution in [0.5, 0.6) is 0 Å². The molecule has 0 unspecified atom stereocenters. The van der Waals surface area contributed by atoms with Crippen LogP contribution >= 0.6 is 0 Å². The maximum absolute atomic E-state index is 12.2. The molecule has 22 heavy (non-hydrogen) atoms. The van der Waals surface area contributed by atoms with Gasteiger partial charge in [-0.05, 0) is 25.5 Å². The van der Waals surface area contributed by atoms with E-state index in [9.17, 15) is 9.90 Å². The van der Waals surface area contributed by atoms with E-state index < -0.39 is 6.10 Å². The van der Waals surface area contributed by atoms with E-state index in [4.69, 9.17) is 4.52 Å². The number of aromatic nitrogens is 1. The zero-order chi connectivity index (χ0) is 15.9. The molecule has 6 heteroatoms. The highest BCUT2D eigenvalue weighted by atomic mass is 16.5. The molecule has 0 bridgehead atoms. The van der Waals surface area contributed by atoms with E-state index in [2.05, 4.69) is 10.5 Å². The number of nitrogens with zero attached hydrogens (tertiary/aromatic N) is 2. The molecule has 0 aliphatic heterocycles. The summed E-state index contributed by atoms with van der Waals surface area (Å²) in [5.74, 6) is 0.106. The summed E-state index contributed by atoms with van der Waals surface area (Å²) in [6.07, 6.45) is 0.146. The Hall–Kier alpha value is -2.34. The second kappa shape index (κ2) is 7.61. The van der Waals surface area contributed by atoms with Gasteiger partial charge in [-0.2, -0.15) is 0 Å². The Morgan fingerprint density at radius 1 is 1.41 bits per heavy atom. The van der Waals surface area contributed by atoms with E-state index in [1.165, 1.54) is 0 Å². The molecule has 1 heterocycles. The van der Waals surface area contributed by atoms with Gasteiger partial charge in [-0.3, -0.25) is 10.1 Å². The number of aliphatic hydroxyl groups is 1. The lowest BCUT2D eigenvalue weighted by molar-refractivity contribution is -0.115. The molecule has 0 saturated carbocycles. The minimum Gasteiger partial charge on any atom is -0.391 e. The number of nitrogens with one attached hydrogen (secondary N) is 1. The minimum atomic E-state index is -0.486. The molecule has 0 saturated heterocycles. The van der Waals surface area contributed by atoms with E-state index in [0.29, 0.717) is 24.5 Å². The van der Waals surface area contributed by atoms with Crippen LogP contribution in [0.2, 0.25) is 0 Å². The number of aryl methyl sites for hydroxylation is 1. The Kier molecular flexibility index (Phi) is 5.55. The van der Waals surface area contributed by atoms with E-state index in [-0.39, 0.29) is 12.5 Å². The van der Waals surface area contributed by atoms with Crippen molar-refractivity contribution in [2.24, 2.45) is 0 Å². The zero-order valence-electron chi connectivity index (χ0n) is 12.8. The second-order valence-electron chi connectivity index (χ2n) is 5.16. The smallest absolute Gasteiger partial charge is 0.246 e. The number of anilines is 2. The second-order valence-corrected chi connectivity index (χ2v) is 5.16. The van der Waals surface area contributed by atoms with Crippen LogP contribution in [0.3, 0.4) is 0 Å². The molecule has 0 aliphatic carbocycles. The Morgan fingerprint density at radius 2 is 2.14 bits per heavy atom. The molecule has 0 fully saturated rings. The van der Waals surface area contributed by atoms with E-state index >= 15 is 0 Å². The van der Waals surface area contributed by atoms with Gasteiger partial charge in [0.15, 0.2) is 0 Å². The summed E-state index contributed by atoms with van der Waals surface area (Å²) < 4.78 is 4.97. The molecular formula is C16H21N3O3.